The van der Waals surface area contributed by atoms with Crippen LogP contribution in [0.15, 0.2) is 70.3 Å². The van der Waals surface area contributed by atoms with Crippen LogP contribution < -0.4 is 14.9 Å². The number of amides is 2. The number of anilines is 2. The van der Waals surface area contributed by atoms with E-state index >= 15 is 0 Å². The fraction of sp³-hybridized carbons (Fsp3) is 0.310. The fourth-order valence-electron chi connectivity index (χ4n) is 5.75. The van der Waals surface area contributed by atoms with Gasteiger partial charge in [0, 0.05) is 72.0 Å². The highest BCUT2D eigenvalue weighted by molar-refractivity contribution is 7.92. The van der Waals surface area contributed by atoms with Gasteiger partial charge in [-0.25, -0.2) is 27.4 Å². The number of hydrogen-bond acceptors (Lipinski definition) is 10. The molecule has 45 heavy (non-hydrogen) atoms. The number of rotatable bonds is 8. The van der Waals surface area contributed by atoms with Crippen molar-refractivity contribution in [1.82, 2.24) is 20.1 Å². The smallest absolute Gasteiger partial charge is 0.338 e. The van der Waals surface area contributed by atoms with Gasteiger partial charge in [0.25, 0.3) is 0 Å². The second-order valence-electron chi connectivity index (χ2n) is 10.8. The fourth-order valence-corrected chi connectivity index (χ4v) is 7.17. The summed E-state index contributed by atoms with van der Waals surface area (Å²) in [6.07, 6.45) is 2.73. The number of hydrogen-bond donors (Lipinski definition) is 2. The Morgan fingerprint density at radius 3 is 2.64 bits per heavy atom. The number of piperazine rings is 1. The number of methoxy groups -OCH3 is 1. The SMILES string of the molecule is COC(=O)C1=C(CN2CCN3C(=O)N(c4ccc(NS(C)(=O)=O)cc4)C[C@@H]3C2)NC(c2nccs2)=N[C@H]1c1ccc(F)cc1Cl. The van der Waals surface area contributed by atoms with E-state index in [2.05, 4.69) is 19.9 Å². The lowest BCUT2D eigenvalue weighted by atomic mass is 9.95. The van der Waals surface area contributed by atoms with Gasteiger partial charge in [-0.05, 0) is 36.4 Å². The van der Waals surface area contributed by atoms with Crippen molar-refractivity contribution in [2.75, 3.05) is 55.7 Å². The Balaban J connectivity index is 1.26. The van der Waals surface area contributed by atoms with Gasteiger partial charge in [0.05, 0.1) is 25.0 Å². The molecule has 6 rings (SSSR count). The Kier molecular flexibility index (Phi) is 8.52. The van der Waals surface area contributed by atoms with Gasteiger partial charge >= 0.3 is 12.0 Å². The highest BCUT2D eigenvalue weighted by atomic mass is 35.5. The Morgan fingerprint density at radius 2 is 1.98 bits per heavy atom. The Hall–Kier alpha value is -4.05. The largest absolute Gasteiger partial charge is 0.466 e. The third kappa shape index (κ3) is 6.52. The van der Waals surface area contributed by atoms with Crippen LogP contribution in [-0.2, 0) is 19.6 Å². The van der Waals surface area contributed by atoms with Gasteiger partial charge in [0.15, 0.2) is 10.8 Å². The van der Waals surface area contributed by atoms with Crippen LogP contribution in [-0.4, -0.2) is 93.2 Å². The average molecular weight is 674 g/mol. The summed E-state index contributed by atoms with van der Waals surface area (Å²) >= 11 is 7.84. The molecule has 16 heteroatoms. The number of carbonyl (C=O) groups is 2. The Labute approximate surface area is 268 Å². The number of benzene rings is 2. The van der Waals surface area contributed by atoms with Crippen LogP contribution in [0.3, 0.4) is 0 Å². The first kappa shape index (κ1) is 31.0. The molecular weight excluding hydrogens is 645 g/mol. The molecule has 0 spiro atoms. The topological polar surface area (TPSA) is 137 Å². The predicted molar refractivity (Wildman–Crippen MR) is 170 cm³/mol. The number of ether oxygens (including phenoxy) is 1. The molecule has 1 aromatic heterocycles. The lowest BCUT2D eigenvalue weighted by Gasteiger charge is -2.38. The van der Waals surface area contributed by atoms with Gasteiger partial charge in [0.2, 0.25) is 10.0 Å². The summed E-state index contributed by atoms with van der Waals surface area (Å²) < 4.78 is 44.7. The zero-order chi connectivity index (χ0) is 31.9. The molecule has 3 aliphatic rings. The van der Waals surface area contributed by atoms with E-state index in [4.69, 9.17) is 21.3 Å². The van der Waals surface area contributed by atoms with Crippen LogP contribution >= 0.6 is 22.9 Å². The van der Waals surface area contributed by atoms with E-state index in [-0.39, 0.29) is 22.7 Å². The summed E-state index contributed by atoms with van der Waals surface area (Å²) in [6, 6.07) is 9.51. The number of thiazole rings is 1. The lowest BCUT2D eigenvalue weighted by molar-refractivity contribution is -0.136. The number of aliphatic imine (C=N–C) groups is 1. The maximum Gasteiger partial charge on any atom is 0.338 e. The number of nitrogens with zero attached hydrogens (tertiary/aromatic N) is 5. The molecule has 0 saturated carbocycles. The van der Waals surface area contributed by atoms with Gasteiger partial charge in [0.1, 0.15) is 11.9 Å². The maximum absolute atomic E-state index is 14.0. The quantitative estimate of drug-likeness (QED) is 0.347. The first-order valence-corrected chi connectivity index (χ1v) is 17.0. The monoisotopic (exact) mass is 673 g/mol. The first-order chi connectivity index (χ1) is 21.5. The molecule has 12 nitrogen and oxygen atoms in total. The van der Waals surface area contributed by atoms with E-state index in [1.54, 1.807) is 35.4 Å². The number of halogens is 2. The van der Waals surface area contributed by atoms with Gasteiger partial charge in [-0.2, -0.15) is 0 Å². The molecule has 0 radical (unpaired) electrons. The molecular formula is C29H29ClFN7O5S2. The predicted octanol–water partition coefficient (Wildman–Crippen LogP) is 3.45. The third-order valence-electron chi connectivity index (χ3n) is 7.72. The molecule has 0 unspecified atom stereocenters. The minimum absolute atomic E-state index is 0.125. The van der Waals surface area contributed by atoms with Crippen LogP contribution in [0.2, 0.25) is 5.02 Å². The van der Waals surface area contributed by atoms with Crippen molar-refractivity contribution in [2.24, 2.45) is 4.99 Å². The number of fused-ring (bicyclic) bond motifs is 1. The summed E-state index contributed by atoms with van der Waals surface area (Å²) in [5.74, 6) is -0.655. The Morgan fingerprint density at radius 1 is 1.20 bits per heavy atom. The van der Waals surface area contributed by atoms with Crippen LogP contribution in [0.4, 0.5) is 20.6 Å². The van der Waals surface area contributed by atoms with E-state index in [1.807, 2.05) is 10.3 Å². The number of aromatic nitrogens is 1. The van der Waals surface area contributed by atoms with Crippen molar-refractivity contribution in [3.05, 3.63) is 86.7 Å². The molecule has 236 valence electrons. The number of urea groups is 1. The van der Waals surface area contributed by atoms with Gasteiger partial charge in [-0.15, -0.1) is 11.3 Å². The minimum atomic E-state index is -3.42. The van der Waals surface area contributed by atoms with Gasteiger partial charge < -0.3 is 15.0 Å². The van der Waals surface area contributed by atoms with Crippen LogP contribution in [0, 0.1) is 5.82 Å². The maximum atomic E-state index is 14.0. The second kappa shape index (κ2) is 12.4. The van der Waals surface area contributed by atoms with Crippen molar-refractivity contribution in [1.29, 1.82) is 0 Å². The van der Waals surface area contributed by atoms with Crippen molar-refractivity contribution >= 4 is 62.2 Å². The summed E-state index contributed by atoms with van der Waals surface area (Å²) in [5.41, 5.74) is 2.32. The molecule has 2 atom stereocenters. The number of carbonyl (C=O) groups excluding carboxylic acids is 2. The molecule has 2 fully saturated rings. The normalized spacial score (nSPS) is 20.5. The highest BCUT2D eigenvalue weighted by Gasteiger charge is 2.42. The van der Waals surface area contributed by atoms with E-state index in [1.165, 1.54) is 36.6 Å². The summed E-state index contributed by atoms with van der Waals surface area (Å²) in [7, 11) is -2.13. The molecule has 0 bridgehead atoms. The molecule has 0 aliphatic carbocycles. The number of nitrogens with one attached hydrogen (secondary N) is 2. The van der Waals surface area contributed by atoms with Crippen LogP contribution in [0.1, 0.15) is 16.6 Å². The standard InChI is InChI=1S/C29H29ClFN7O5S2/c1-43-28(39)24-23(33-26(27-32-9-12-44-27)34-25(24)21-8-3-17(31)13-22(21)30)16-36-10-11-37-20(14-36)15-38(29(37)40)19-6-4-18(5-7-19)35-45(2,41)42/h3-9,12-13,20,25,35H,10-11,14-16H2,1-2H3,(H,33,34)/t20-,25-/m0/s1. The molecule has 4 heterocycles. The van der Waals surface area contributed by atoms with E-state index < -0.39 is 27.9 Å². The van der Waals surface area contributed by atoms with Crippen molar-refractivity contribution < 1.29 is 27.1 Å². The molecule has 3 aliphatic heterocycles. The summed E-state index contributed by atoms with van der Waals surface area (Å²) in [6.45, 7) is 2.29. The highest BCUT2D eigenvalue weighted by Crippen LogP contribution is 2.37. The first-order valence-electron chi connectivity index (χ1n) is 13.9. The van der Waals surface area contributed by atoms with Crippen LogP contribution in [0.25, 0.3) is 0 Å². The zero-order valence-electron chi connectivity index (χ0n) is 24.2. The summed E-state index contributed by atoms with van der Waals surface area (Å²) in [4.78, 5) is 41.4. The molecule has 2 saturated heterocycles. The number of esters is 1. The molecule has 2 aromatic carbocycles. The average Bonchev–Trinajstić information content (AvgIpc) is 3.65. The minimum Gasteiger partial charge on any atom is -0.466 e. The van der Waals surface area contributed by atoms with E-state index in [9.17, 15) is 22.4 Å². The summed E-state index contributed by atoms with van der Waals surface area (Å²) in [5, 5.41) is 5.86. The molecule has 2 amide bonds. The third-order valence-corrected chi connectivity index (χ3v) is 9.44. The number of amidine groups is 1. The van der Waals surface area contributed by atoms with Crippen molar-refractivity contribution in [3.63, 3.8) is 0 Å². The molecule has 3 aromatic rings. The van der Waals surface area contributed by atoms with E-state index in [0.717, 1.165) is 6.26 Å². The van der Waals surface area contributed by atoms with Crippen LogP contribution in [0.5, 0.6) is 0 Å². The van der Waals surface area contributed by atoms with Crippen molar-refractivity contribution in [3.8, 4) is 0 Å². The Bertz CT molecular complexity index is 1800. The van der Waals surface area contributed by atoms with Crippen molar-refractivity contribution in [2.45, 2.75) is 12.1 Å². The second-order valence-corrected chi connectivity index (χ2v) is 13.8. The lowest BCUT2D eigenvalue weighted by Crippen LogP contribution is -2.53. The van der Waals surface area contributed by atoms with E-state index in [0.29, 0.717) is 66.2 Å². The van der Waals surface area contributed by atoms with Gasteiger partial charge in [-0.1, -0.05) is 17.7 Å². The molecule has 2 N–H and O–H groups in total. The van der Waals surface area contributed by atoms with Gasteiger partial charge in [-0.3, -0.25) is 19.5 Å². The zero-order valence-corrected chi connectivity index (χ0v) is 26.6. The number of sulfonamides is 1.